The molecule has 0 bridgehead atoms. The van der Waals surface area contributed by atoms with Gasteiger partial charge in [0.05, 0.1) is 16.3 Å². The first-order valence-electron chi connectivity index (χ1n) is 9.01. The van der Waals surface area contributed by atoms with E-state index >= 15 is 0 Å². The standard InChI is InChI=1S/C21H22N2O3S2/c1-3-16-6-8-17(9-7-16)19-14-27-21(22-19)23-20(24)12-13-28(25,26)18-10-4-15(2)5-11-18/h4-11,14H,3,12-13H2,1-2H3,(H,22,23,24). The van der Waals surface area contributed by atoms with E-state index in [9.17, 15) is 13.2 Å². The SMILES string of the molecule is CCc1ccc(-c2csc(NC(=O)CCS(=O)(=O)c3ccc(C)cc3)n2)cc1. The Morgan fingerprint density at radius 2 is 1.75 bits per heavy atom. The van der Waals surface area contributed by atoms with Gasteiger partial charge in [-0.15, -0.1) is 11.3 Å². The Labute approximate surface area is 169 Å². The highest BCUT2D eigenvalue weighted by Gasteiger charge is 2.17. The first kappa shape index (κ1) is 20.2. The van der Waals surface area contributed by atoms with E-state index in [1.165, 1.54) is 16.9 Å². The van der Waals surface area contributed by atoms with E-state index in [1.54, 1.807) is 24.3 Å². The van der Waals surface area contributed by atoms with Crippen molar-refractivity contribution in [3.8, 4) is 11.3 Å². The van der Waals surface area contributed by atoms with Crippen LogP contribution in [-0.2, 0) is 21.1 Å². The van der Waals surface area contributed by atoms with Crippen molar-refractivity contribution in [1.29, 1.82) is 0 Å². The fraction of sp³-hybridized carbons (Fsp3) is 0.238. The lowest BCUT2D eigenvalue weighted by molar-refractivity contribution is -0.115. The number of nitrogens with zero attached hydrogens (tertiary/aromatic N) is 1. The van der Waals surface area contributed by atoms with Gasteiger partial charge in [0, 0.05) is 17.4 Å². The highest BCUT2D eigenvalue weighted by molar-refractivity contribution is 7.91. The van der Waals surface area contributed by atoms with Crippen molar-refractivity contribution < 1.29 is 13.2 Å². The molecule has 0 saturated heterocycles. The number of rotatable bonds is 7. The molecule has 28 heavy (non-hydrogen) atoms. The monoisotopic (exact) mass is 414 g/mol. The average Bonchev–Trinajstić information content (AvgIpc) is 3.15. The summed E-state index contributed by atoms with van der Waals surface area (Å²) in [5, 5.41) is 5.03. The number of sulfone groups is 1. The van der Waals surface area contributed by atoms with Crippen LogP contribution in [0.1, 0.15) is 24.5 Å². The van der Waals surface area contributed by atoms with Gasteiger partial charge in [-0.25, -0.2) is 13.4 Å². The number of nitrogens with one attached hydrogen (secondary N) is 1. The van der Waals surface area contributed by atoms with Crippen LogP contribution in [0.15, 0.2) is 58.8 Å². The minimum absolute atomic E-state index is 0.115. The molecular formula is C21H22N2O3S2. The smallest absolute Gasteiger partial charge is 0.227 e. The Morgan fingerprint density at radius 3 is 2.39 bits per heavy atom. The Hall–Kier alpha value is -2.51. The second kappa shape index (κ2) is 8.67. The lowest BCUT2D eigenvalue weighted by Gasteiger charge is -2.05. The summed E-state index contributed by atoms with van der Waals surface area (Å²) in [5.41, 5.74) is 4.01. The quantitative estimate of drug-likeness (QED) is 0.618. The molecule has 3 aromatic rings. The second-order valence-corrected chi connectivity index (χ2v) is 9.49. The molecule has 0 aliphatic carbocycles. The van der Waals surface area contributed by atoms with Crippen LogP contribution in [-0.4, -0.2) is 25.1 Å². The van der Waals surface area contributed by atoms with Crippen LogP contribution in [0.2, 0.25) is 0 Å². The summed E-state index contributed by atoms with van der Waals surface area (Å²) in [5.74, 6) is -0.601. The summed E-state index contributed by atoms with van der Waals surface area (Å²) in [4.78, 5) is 16.8. The number of thiazole rings is 1. The van der Waals surface area contributed by atoms with Crippen LogP contribution in [0.3, 0.4) is 0 Å². The van der Waals surface area contributed by atoms with Gasteiger partial charge in [-0.1, -0.05) is 48.9 Å². The molecule has 1 amide bonds. The van der Waals surface area contributed by atoms with E-state index in [1.807, 2.05) is 24.4 Å². The highest BCUT2D eigenvalue weighted by atomic mass is 32.2. The van der Waals surface area contributed by atoms with Crippen molar-refractivity contribution in [2.45, 2.75) is 31.6 Å². The van der Waals surface area contributed by atoms with Crippen LogP contribution in [0.25, 0.3) is 11.3 Å². The van der Waals surface area contributed by atoms with Crippen LogP contribution in [0.4, 0.5) is 5.13 Å². The number of anilines is 1. The van der Waals surface area contributed by atoms with Gasteiger partial charge in [0.15, 0.2) is 15.0 Å². The maximum atomic E-state index is 12.3. The summed E-state index contributed by atoms with van der Waals surface area (Å²) in [6.45, 7) is 3.99. The molecule has 0 unspecified atom stereocenters. The summed E-state index contributed by atoms with van der Waals surface area (Å²) in [6.07, 6.45) is 0.862. The third-order valence-corrected chi connectivity index (χ3v) is 6.88. The zero-order valence-electron chi connectivity index (χ0n) is 15.8. The minimum atomic E-state index is -3.49. The molecule has 3 rings (SSSR count). The fourth-order valence-electron chi connectivity index (χ4n) is 2.65. The van der Waals surface area contributed by atoms with E-state index in [0.29, 0.717) is 5.13 Å². The predicted molar refractivity (Wildman–Crippen MR) is 113 cm³/mol. The molecular weight excluding hydrogens is 392 g/mol. The van der Waals surface area contributed by atoms with E-state index < -0.39 is 9.84 Å². The summed E-state index contributed by atoms with van der Waals surface area (Å²) in [6, 6.07) is 14.8. The van der Waals surface area contributed by atoms with E-state index in [2.05, 4.69) is 29.4 Å². The predicted octanol–water partition coefficient (Wildman–Crippen LogP) is 4.48. The number of aryl methyl sites for hydroxylation is 2. The normalized spacial score (nSPS) is 11.4. The van der Waals surface area contributed by atoms with Gasteiger partial charge >= 0.3 is 0 Å². The van der Waals surface area contributed by atoms with Crippen molar-refractivity contribution in [3.63, 3.8) is 0 Å². The number of aromatic nitrogens is 1. The topological polar surface area (TPSA) is 76.1 Å². The lowest BCUT2D eigenvalue weighted by atomic mass is 10.1. The number of carbonyl (C=O) groups is 1. The zero-order chi connectivity index (χ0) is 20.1. The van der Waals surface area contributed by atoms with Gasteiger partial charge < -0.3 is 5.32 Å². The minimum Gasteiger partial charge on any atom is -0.302 e. The van der Waals surface area contributed by atoms with Gasteiger partial charge in [-0.3, -0.25) is 4.79 Å². The number of carbonyl (C=O) groups excluding carboxylic acids is 1. The summed E-state index contributed by atoms with van der Waals surface area (Å²) in [7, 11) is -3.49. The van der Waals surface area contributed by atoms with Gasteiger partial charge in [-0.05, 0) is 31.0 Å². The van der Waals surface area contributed by atoms with Crippen molar-refractivity contribution in [1.82, 2.24) is 4.98 Å². The molecule has 0 fully saturated rings. The largest absolute Gasteiger partial charge is 0.302 e. The molecule has 0 aliphatic rings. The number of benzene rings is 2. The third kappa shape index (κ3) is 5.05. The lowest BCUT2D eigenvalue weighted by Crippen LogP contribution is -2.17. The second-order valence-electron chi connectivity index (χ2n) is 6.52. The van der Waals surface area contributed by atoms with E-state index in [4.69, 9.17) is 0 Å². The van der Waals surface area contributed by atoms with Crippen LogP contribution < -0.4 is 5.32 Å². The molecule has 146 valence electrons. The zero-order valence-corrected chi connectivity index (χ0v) is 17.4. The number of hydrogen-bond donors (Lipinski definition) is 1. The fourth-order valence-corrected chi connectivity index (χ4v) is 4.62. The van der Waals surface area contributed by atoms with Crippen molar-refractivity contribution in [3.05, 3.63) is 65.0 Å². The molecule has 2 aromatic carbocycles. The molecule has 1 N–H and O–H groups in total. The van der Waals surface area contributed by atoms with Gasteiger partial charge in [0.1, 0.15) is 0 Å². The van der Waals surface area contributed by atoms with Gasteiger partial charge in [0.25, 0.3) is 0 Å². The molecule has 1 heterocycles. The Kier molecular flexibility index (Phi) is 6.26. The maximum Gasteiger partial charge on any atom is 0.227 e. The molecule has 5 nitrogen and oxygen atoms in total. The summed E-state index contributed by atoms with van der Waals surface area (Å²) >= 11 is 1.32. The number of hydrogen-bond acceptors (Lipinski definition) is 5. The molecule has 0 saturated carbocycles. The Bertz CT molecular complexity index is 1050. The molecule has 1 aromatic heterocycles. The first-order chi connectivity index (χ1) is 13.4. The van der Waals surface area contributed by atoms with Crippen molar-refractivity contribution >= 4 is 32.2 Å². The van der Waals surface area contributed by atoms with Gasteiger partial charge in [0.2, 0.25) is 5.91 Å². The molecule has 7 heteroatoms. The molecule has 0 atom stereocenters. The van der Waals surface area contributed by atoms with Gasteiger partial charge in [-0.2, -0.15) is 0 Å². The molecule has 0 spiro atoms. The Morgan fingerprint density at radius 1 is 1.07 bits per heavy atom. The van der Waals surface area contributed by atoms with Crippen LogP contribution in [0, 0.1) is 6.92 Å². The van der Waals surface area contributed by atoms with Crippen molar-refractivity contribution in [2.75, 3.05) is 11.1 Å². The third-order valence-electron chi connectivity index (χ3n) is 4.39. The van der Waals surface area contributed by atoms with Crippen molar-refractivity contribution in [2.24, 2.45) is 0 Å². The van der Waals surface area contributed by atoms with E-state index in [-0.39, 0.29) is 23.0 Å². The first-order valence-corrected chi connectivity index (χ1v) is 11.5. The maximum absolute atomic E-state index is 12.3. The van der Waals surface area contributed by atoms with Crippen LogP contribution >= 0.6 is 11.3 Å². The van der Waals surface area contributed by atoms with Crippen LogP contribution in [0.5, 0.6) is 0 Å². The molecule has 0 radical (unpaired) electrons. The number of amides is 1. The average molecular weight is 415 g/mol. The highest BCUT2D eigenvalue weighted by Crippen LogP contribution is 2.25. The molecule has 0 aliphatic heterocycles. The Balaban J connectivity index is 1.59. The van der Waals surface area contributed by atoms with E-state index in [0.717, 1.165) is 23.2 Å². The summed E-state index contributed by atoms with van der Waals surface area (Å²) < 4.78 is 24.7.